The van der Waals surface area contributed by atoms with E-state index in [0.29, 0.717) is 25.3 Å². The molecule has 1 amide bonds. The van der Waals surface area contributed by atoms with Crippen LogP contribution in [-0.4, -0.2) is 19.1 Å². The van der Waals surface area contributed by atoms with Crippen molar-refractivity contribution in [3.8, 4) is 11.5 Å². The summed E-state index contributed by atoms with van der Waals surface area (Å²) in [7, 11) is 0. The van der Waals surface area contributed by atoms with Gasteiger partial charge in [0, 0.05) is 41.6 Å². The third-order valence-corrected chi connectivity index (χ3v) is 4.47. The molecule has 2 aromatic carbocycles. The number of benzene rings is 2. The Morgan fingerprint density at radius 1 is 1.17 bits per heavy atom. The molecule has 0 unspecified atom stereocenters. The molecule has 1 N–H and O–H groups in total. The maximum atomic E-state index is 12.4. The van der Waals surface area contributed by atoms with Crippen molar-refractivity contribution in [3.63, 3.8) is 0 Å². The lowest BCUT2D eigenvalue weighted by molar-refractivity contribution is 0.0950. The smallest absolute Gasteiger partial charge is 0.251 e. The lowest BCUT2D eigenvalue weighted by Crippen LogP contribution is -2.23. The SMILES string of the molecule is Cc1cccc(C(=O)NCc2c3c(cc4c2OCC4)OCC3)c1. The molecular weight excluding hydrogens is 290 g/mol. The van der Waals surface area contributed by atoms with Crippen molar-refractivity contribution in [3.05, 3.63) is 58.1 Å². The van der Waals surface area contributed by atoms with Crippen LogP contribution in [0.1, 0.15) is 32.6 Å². The predicted octanol–water partition coefficient (Wildman–Crippen LogP) is 2.79. The Labute approximate surface area is 135 Å². The zero-order chi connectivity index (χ0) is 15.8. The number of fused-ring (bicyclic) bond motifs is 2. The summed E-state index contributed by atoms with van der Waals surface area (Å²) in [6.07, 6.45) is 1.78. The molecule has 23 heavy (non-hydrogen) atoms. The normalized spacial score (nSPS) is 14.7. The van der Waals surface area contributed by atoms with E-state index < -0.39 is 0 Å². The molecule has 0 saturated carbocycles. The van der Waals surface area contributed by atoms with Crippen molar-refractivity contribution in [2.24, 2.45) is 0 Å². The summed E-state index contributed by atoms with van der Waals surface area (Å²) < 4.78 is 11.5. The molecular formula is C19H19NO3. The van der Waals surface area contributed by atoms with Gasteiger partial charge in [-0.3, -0.25) is 4.79 Å². The quantitative estimate of drug-likeness (QED) is 0.948. The highest BCUT2D eigenvalue weighted by Gasteiger charge is 2.26. The number of hydrogen-bond acceptors (Lipinski definition) is 3. The van der Waals surface area contributed by atoms with Crippen molar-refractivity contribution in [1.29, 1.82) is 0 Å². The van der Waals surface area contributed by atoms with Crippen molar-refractivity contribution >= 4 is 5.91 Å². The van der Waals surface area contributed by atoms with E-state index in [2.05, 4.69) is 11.4 Å². The van der Waals surface area contributed by atoms with Crippen LogP contribution in [0.15, 0.2) is 30.3 Å². The number of carbonyl (C=O) groups is 1. The van der Waals surface area contributed by atoms with Gasteiger partial charge in [-0.1, -0.05) is 17.7 Å². The second-order valence-electron chi connectivity index (χ2n) is 6.07. The topological polar surface area (TPSA) is 47.6 Å². The Morgan fingerprint density at radius 2 is 2.04 bits per heavy atom. The Kier molecular flexibility index (Phi) is 3.45. The van der Waals surface area contributed by atoms with Gasteiger partial charge in [0.15, 0.2) is 0 Å². The van der Waals surface area contributed by atoms with E-state index in [0.717, 1.165) is 35.5 Å². The van der Waals surface area contributed by atoms with Crippen LogP contribution >= 0.6 is 0 Å². The summed E-state index contributed by atoms with van der Waals surface area (Å²) in [5.41, 5.74) is 5.21. The molecule has 0 atom stereocenters. The first-order valence-corrected chi connectivity index (χ1v) is 8.00. The van der Waals surface area contributed by atoms with Gasteiger partial charge >= 0.3 is 0 Å². The molecule has 118 valence electrons. The lowest BCUT2D eigenvalue weighted by Gasteiger charge is -2.14. The number of hydrogen-bond donors (Lipinski definition) is 1. The Balaban J connectivity index is 1.59. The second kappa shape index (κ2) is 5.61. The minimum Gasteiger partial charge on any atom is -0.493 e. The number of ether oxygens (including phenoxy) is 2. The molecule has 4 heteroatoms. The van der Waals surface area contributed by atoms with Gasteiger partial charge < -0.3 is 14.8 Å². The summed E-state index contributed by atoms with van der Waals surface area (Å²) >= 11 is 0. The predicted molar refractivity (Wildman–Crippen MR) is 87.2 cm³/mol. The third-order valence-electron chi connectivity index (χ3n) is 4.47. The van der Waals surface area contributed by atoms with E-state index >= 15 is 0 Å². The van der Waals surface area contributed by atoms with Gasteiger partial charge in [-0.15, -0.1) is 0 Å². The number of amides is 1. The van der Waals surface area contributed by atoms with Gasteiger partial charge in [-0.05, 0) is 25.1 Å². The van der Waals surface area contributed by atoms with Crippen molar-refractivity contribution in [1.82, 2.24) is 5.32 Å². The minimum absolute atomic E-state index is 0.0584. The minimum atomic E-state index is -0.0584. The molecule has 0 radical (unpaired) electrons. The van der Waals surface area contributed by atoms with E-state index in [-0.39, 0.29) is 5.91 Å². The summed E-state index contributed by atoms with van der Waals surface area (Å²) in [5.74, 6) is 1.84. The van der Waals surface area contributed by atoms with Crippen molar-refractivity contribution in [2.45, 2.75) is 26.3 Å². The van der Waals surface area contributed by atoms with Crippen LogP contribution in [0.3, 0.4) is 0 Å². The van der Waals surface area contributed by atoms with Crippen LogP contribution in [0.2, 0.25) is 0 Å². The summed E-state index contributed by atoms with van der Waals surface area (Å²) in [5, 5.41) is 3.03. The molecule has 2 aliphatic rings. The molecule has 2 aromatic rings. The summed E-state index contributed by atoms with van der Waals surface area (Å²) in [4.78, 5) is 12.4. The van der Waals surface area contributed by atoms with Gasteiger partial charge in [0.2, 0.25) is 0 Å². The van der Waals surface area contributed by atoms with Gasteiger partial charge in [-0.25, -0.2) is 0 Å². The first-order chi connectivity index (χ1) is 11.2. The van der Waals surface area contributed by atoms with Crippen LogP contribution in [0, 0.1) is 6.92 Å². The first kappa shape index (κ1) is 14.1. The molecule has 0 saturated heterocycles. The second-order valence-corrected chi connectivity index (χ2v) is 6.07. The average molecular weight is 309 g/mol. The zero-order valence-corrected chi connectivity index (χ0v) is 13.1. The molecule has 4 rings (SSSR count). The maximum absolute atomic E-state index is 12.4. The monoisotopic (exact) mass is 309 g/mol. The highest BCUT2D eigenvalue weighted by atomic mass is 16.5. The lowest BCUT2D eigenvalue weighted by atomic mass is 9.99. The average Bonchev–Trinajstić information content (AvgIpc) is 3.19. The fourth-order valence-corrected chi connectivity index (χ4v) is 3.33. The van der Waals surface area contributed by atoms with Crippen LogP contribution in [-0.2, 0) is 19.4 Å². The molecule has 4 nitrogen and oxygen atoms in total. The summed E-state index contributed by atoms with van der Waals surface area (Å²) in [6, 6.07) is 9.71. The van der Waals surface area contributed by atoms with Crippen molar-refractivity contribution in [2.75, 3.05) is 13.2 Å². The van der Waals surface area contributed by atoms with E-state index in [1.807, 2.05) is 31.2 Å². The van der Waals surface area contributed by atoms with Gasteiger partial charge in [0.05, 0.1) is 13.2 Å². The van der Waals surface area contributed by atoms with Crippen LogP contribution in [0.4, 0.5) is 0 Å². The number of aryl methyl sites for hydroxylation is 1. The molecule has 0 spiro atoms. The first-order valence-electron chi connectivity index (χ1n) is 8.00. The van der Waals surface area contributed by atoms with Gasteiger partial charge in [0.1, 0.15) is 11.5 Å². The maximum Gasteiger partial charge on any atom is 0.251 e. The highest BCUT2D eigenvalue weighted by Crippen LogP contribution is 2.40. The standard InChI is InChI=1S/C19H19NO3/c1-12-3-2-4-14(9-12)19(21)20-11-16-15-6-8-22-17(15)10-13-5-7-23-18(13)16/h2-4,9-10H,5-8,11H2,1H3,(H,20,21). The molecule has 2 heterocycles. The van der Waals surface area contributed by atoms with Crippen LogP contribution < -0.4 is 14.8 Å². The Bertz CT molecular complexity index is 750. The van der Waals surface area contributed by atoms with E-state index in [1.165, 1.54) is 11.1 Å². The van der Waals surface area contributed by atoms with E-state index in [4.69, 9.17) is 9.47 Å². The van der Waals surface area contributed by atoms with Crippen molar-refractivity contribution < 1.29 is 14.3 Å². The van der Waals surface area contributed by atoms with E-state index in [9.17, 15) is 4.79 Å². The fraction of sp³-hybridized carbons (Fsp3) is 0.316. The Morgan fingerprint density at radius 3 is 2.91 bits per heavy atom. The molecule has 2 aliphatic heterocycles. The number of carbonyl (C=O) groups excluding carboxylic acids is 1. The largest absolute Gasteiger partial charge is 0.493 e. The third kappa shape index (κ3) is 2.54. The van der Waals surface area contributed by atoms with E-state index in [1.54, 1.807) is 0 Å². The van der Waals surface area contributed by atoms with Gasteiger partial charge in [0.25, 0.3) is 5.91 Å². The number of rotatable bonds is 3. The van der Waals surface area contributed by atoms with Crippen LogP contribution in [0.5, 0.6) is 11.5 Å². The molecule has 0 aliphatic carbocycles. The summed E-state index contributed by atoms with van der Waals surface area (Å²) in [6.45, 7) is 3.87. The van der Waals surface area contributed by atoms with Crippen LogP contribution in [0.25, 0.3) is 0 Å². The fourth-order valence-electron chi connectivity index (χ4n) is 3.33. The van der Waals surface area contributed by atoms with Gasteiger partial charge in [-0.2, -0.15) is 0 Å². The molecule has 0 fully saturated rings. The zero-order valence-electron chi connectivity index (χ0n) is 13.1. The molecule has 0 bridgehead atoms. The Hall–Kier alpha value is -2.49. The highest BCUT2D eigenvalue weighted by molar-refractivity contribution is 5.94. The number of nitrogens with one attached hydrogen (secondary N) is 1. The molecule has 0 aromatic heterocycles.